The number of carbonyl (C=O) groups excluding carboxylic acids is 2. The van der Waals surface area contributed by atoms with E-state index in [-0.39, 0.29) is 18.2 Å². The van der Waals surface area contributed by atoms with E-state index in [1.54, 1.807) is 25.3 Å². The summed E-state index contributed by atoms with van der Waals surface area (Å²) >= 11 is 6.09. The van der Waals surface area contributed by atoms with Crippen LogP contribution in [-0.2, 0) is 20.7 Å². The zero-order chi connectivity index (χ0) is 16.0. The van der Waals surface area contributed by atoms with Gasteiger partial charge < -0.3 is 14.8 Å². The molecule has 5 nitrogen and oxygen atoms in total. The fourth-order valence-corrected chi connectivity index (χ4v) is 2.06. The molecular weight excluding hydrogens is 294 g/mol. The molecule has 0 saturated heterocycles. The van der Waals surface area contributed by atoms with Crippen LogP contribution in [-0.4, -0.2) is 32.1 Å². The minimum Gasteiger partial charge on any atom is -0.497 e. The molecule has 0 aliphatic heterocycles. The van der Waals surface area contributed by atoms with E-state index in [2.05, 4.69) is 10.1 Å². The Morgan fingerprint density at radius 2 is 1.95 bits per heavy atom. The summed E-state index contributed by atoms with van der Waals surface area (Å²) in [5.74, 6) is -0.183. The molecule has 1 amide bonds. The molecule has 0 fully saturated rings. The first kappa shape index (κ1) is 17.3. The first-order valence-corrected chi connectivity index (χ1v) is 6.96. The van der Waals surface area contributed by atoms with Gasteiger partial charge in [-0.2, -0.15) is 0 Å². The lowest BCUT2D eigenvalue weighted by molar-refractivity contribution is -0.146. The van der Waals surface area contributed by atoms with Crippen molar-refractivity contribution < 1.29 is 19.1 Å². The van der Waals surface area contributed by atoms with Crippen molar-refractivity contribution in [2.24, 2.45) is 5.92 Å². The SMILES string of the molecule is COC(=O)C(NC(=O)Cc1ccc(OC)cc1Cl)C(C)C. The second kappa shape index (κ2) is 7.88. The van der Waals surface area contributed by atoms with Crippen molar-refractivity contribution in [2.75, 3.05) is 14.2 Å². The first-order chi connectivity index (χ1) is 9.88. The Morgan fingerprint density at radius 1 is 1.29 bits per heavy atom. The van der Waals surface area contributed by atoms with Crippen molar-refractivity contribution in [1.82, 2.24) is 5.32 Å². The van der Waals surface area contributed by atoms with Gasteiger partial charge in [0, 0.05) is 5.02 Å². The number of rotatable bonds is 6. The van der Waals surface area contributed by atoms with E-state index in [1.807, 2.05) is 13.8 Å². The summed E-state index contributed by atoms with van der Waals surface area (Å²) < 4.78 is 9.73. The van der Waals surface area contributed by atoms with Crippen LogP contribution in [0.5, 0.6) is 5.75 Å². The third-order valence-electron chi connectivity index (χ3n) is 3.05. The summed E-state index contributed by atoms with van der Waals surface area (Å²) in [6, 6.07) is 4.43. The fraction of sp³-hybridized carbons (Fsp3) is 0.467. The molecular formula is C15H20ClNO4. The molecule has 1 aromatic rings. The van der Waals surface area contributed by atoms with E-state index >= 15 is 0 Å². The van der Waals surface area contributed by atoms with Crippen molar-refractivity contribution in [3.05, 3.63) is 28.8 Å². The minimum absolute atomic E-state index is 0.0623. The number of hydrogen-bond acceptors (Lipinski definition) is 4. The third kappa shape index (κ3) is 4.93. The molecule has 116 valence electrons. The molecule has 1 unspecified atom stereocenters. The van der Waals surface area contributed by atoms with Gasteiger partial charge in [-0.05, 0) is 23.6 Å². The number of nitrogens with one attached hydrogen (secondary N) is 1. The monoisotopic (exact) mass is 313 g/mol. The number of halogens is 1. The summed E-state index contributed by atoms with van der Waals surface area (Å²) in [7, 11) is 2.84. The van der Waals surface area contributed by atoms with Gasteiger partial charge in [0.15, 0.2) is 0 Å². The van der Waals surface area contributed by atoms with Crippen LogP contribution in [0.2, 0.25) is 5.02 Å². The summed E-state index contributed by atoms with van der Waals surface area (Å²) in [5, 5.41) is 3.12. The molecule has 0 heterocycles. The van der Waals surface area contributed by atoms with Crippen LogP contribution in [0.25, 0.3) is 0 Å². The highest BCUT2D eigenvalue weighted by atomic mass is 35.5. The quantitative estimate of drug-likeness (QED) is 0.818. The highest BCUT2D eigenvalue weighted by Crippen LogP contribution is 2.22. The maximum absolute atomic E-state index is 12.0. The Bertz CT molecular complexity index is 516. The van der Waals surface area contributed by atoms with E-state index in [1.165, 1.54) is 7.11 Å². The van der Waals surface area contributed by atoms with E-state index < -0.39 is 12.0 Å². The Labute approximate surface area is 129 Å². The van der Waals surface area contributed by atoms with Crippen LogP contribution in [0, 0.1) is 5.92 Å². The lowest BCUT2D eigenvalue weighted by Crippen LogP contribution is -2.45. The molecule has 0 saturated carbocycles. The Hall–Kier alpha value is -1.75. The van der Waals surface area contributed by atoms with Gasteiger partial charge in [0.1, 0.15) is 11.8 Å². The van der Waals surface area contributed by atoms with Gasteiger partial charge in [0.2, 0.25) is 5.91 Å². The second-order valence-electron chi connectivity index (χ2n) is 4.95. The molecule has 0 aromatic heterocycles. The van der Waals surface area contributed by atoms with Crippen LogP contribution in [0.3, 0.4) is 0 Å². The van der Waals surface area contributed by atoms with E-state index in [4.69, 9.17) is 16.3 Å². The topological polar surface area (TPSA) is 64.6 Å². The lowest BCUT2D eigenvalue weighted by Gasteiger charge is -2.20. The van der Waals surface area contributed by atoms with Crippen molar-refractivity contribution in [1.29, 1.82) is 0 Å². The largest absolute Gasteiger partial charge is 0.497 e. The number of ether oxygens (including phenoxy) is 2. The molecule has 0 radical (unpaired) electrons. The van der Waals surface area contributed by atoms with E-state index in [0.717, 1.165) is 0 Å². The standard InChI is InChI=1S/C15H20ClNO4/c1-9(2)14(15(19)21-4)17-13(18)7-10-5-6-11(20-3)8-12(10)16/h5-6,8-9,14H,7H2,1-4H3,(H,17,18). The van der Waals surface area contributed by atoms with E-state index in [9.17, 15) is 9.59 Å². The van der Waals surface area contributed by atoms with Gasteiger partial charge in [0.05, 0.1) is 20.6 Å². The van der Waals surface area contributed by atoms with Crippen LogP contribution in [0.15, 0.2) is 18.2 Å². The van der Waals surface area contributed by atoms with Crippen molar-refractivity contribution in [2.45, 2.75) is 26.3 Å². The number of carbonyl (C=O) groups is 2. The minimum atomic E-state index is -0.667. The number of hydrogen-bond donors (Lipinski definition) is 1. The average molecular weight is 314 g/mol. The van der Waals surface area contributed by atoms with Gasteiger partial charge in [-0.15, -0.1) is 0 Å². The molecule has 6 heteroatoms. The second-order valence-corrected chi connectivity index (χ2v) is 5.35. The van der Waals surface area contributed by atoms with Gasteiger partial charge in [-0.1, -0.05) is 31.5 Å². The maximum atomic E-state index is 12.0. The molecule has 21 heavy (non-hydrogen) atoms. The van der Waals surface area contributed by atoms with Gasteiger partial charge in [0.25, 0.3) is 0 Å². The van der Waals surface area contributed by atoms with Crippen molar-refractivity contribution in [3.8, 4) is 5.75 Å². The first-order valence-electron chi connectivity index (χ1n) is 6.58. The fourth-order valence-electron chi connectivity index (χ4n) is 1.82. The molecule has 0 spiro atoms. The molecule has 0 bridgehead atoms. The van der Waals surface area contributed by atoms with E-state index in [0.29, 0.717) is 16.3 Å². The van der Waals surface area contributed by atoms with Crippen molar-refractivity contribution in [3.63, 3.8) is 0 Å². The Morgan fingerprint density at radius 3 is 2.43 bits per heavy atom. The number of esters is 1. The number of amides is 1. The molecule has 1 N–H and O–H groups in total. The summed E-state index contributed by atoms with van der Waals surface area (Å²) in [5.41, 5.74) is 0.669. The predicted octanol–water partition coefficient (Wildman–Crippen LogP) is 2.20. The van der Waals surface area contributed by atoms with Crippen LogP contribution in [0.1, 0.15) is 19.4 Å². The van der Waals surface area contributed by atoms with Gasteiger partial charge in [-0.25, -0.2) is 4.79 Å². The molecule has 1 atom stereocenters. The van der Waals surface area contributed by atoms with Gasteiger partial charge in [-0.3, -0.25) is 4.79 Å². The molecule has 1 aromatic carbocycles. The maximum Gasteiger partial charge on any atom is 0.328 e. The summed E-state index contributed by atoms with van der Waals surface area (Å²) in [6.45, 7) is 3.67. The number of benzene rings is 1. The average Bonchev–Trinajstić information content (AvgIpc) is 2.45. The molecule has 1 rings (SSSR count). The smallest absolute Gasteiger partial charge is 0.328 e. The van der Waals surface area contributed by atoms with Crippen molar-refractivity contribution >= 4 is 23.5 Å². The van der Waals surface area contributed by atoms with Gasteiger partial charge >= 0.3 is 5.97 Å². The zero-order valence-electron chi connectivity index (χ0n) is 12.6. The Kier molecular flexibility index (Phi) is 6.49. The highest BCUT2D eigenvalue weighted by Gasteiger charge is 2.25. The number of methoxy groups -OCH3 is 2. The van der Waals surface area contributed by atoms with Crippen LogP contribution < -0.4 is 10.1 Å². The Balaban J connectivity index is 2.74. The highest BCUT2D eigenvalue weighted by molar-refractivity contribution is 6.31. The lowest BCUT2D eigenvalue weighted by atomic mass is 10.0. The van der Waals surface area contributed by atoms with Crippen LogP contribution >= 0.6 is 11.6 Å². The summed E-state index contributed by atoms with van der Waals surface area (Å²) in [6.07, 6.45) is 0.0864. The van der Waals surface area contributed by atoms with Crippen LogP contribution in [0.4, 0.5) is 0 Å². The third-order valence-corrected chi connectivity index (χ3v) is 3.40. The normalized spacial score (nSPS) is 11.9. The predicted molar refractivity (Wildman–Crippen MR) is 80.5 cm³/mol. The molecule has 0 aliphatic carbocycles. The molecule has 0 aliphatic rings. The zero-order valence-corrected chi connectivity index (χ0v) is 13.4. The summed E-state index contributed by atoms with van der Waals surface area (Å²) in [4.78, 5) is 23.7.